The Balaban J connectivity index is 1.87. The van der Waals surface area contributed by atoms with Crippen molar-refractivity contribution in [1.29, 1.82) is 0 Å². The lowest BCUT2D eigenvalue weighted by Crippen LogP contribution is -2.18. The van der Waals surface area contributed by atoms with E-state index in [0.29, 0.717) is 11.4 Å². The number of nitrogens with zero attached hydrogens (tertiary/aromatic N) is 2. The Hall–Kier alpha value is -2.93. The Bertz CT molecular complexity index is 1020. The molecule has 134 valence electrons. The summed E-state index contributed by atoms with van der Waals surface area (Å²) in [7, 11) is 0. The summed E-state index contributed by atoms with van der Waals surface area (Å²) >= 11 is 0. The summed E-state index contributed by atoms with van der Waals surface area (Å²) in [6.07, 6.45) is 2.23. The number of nitrogens with two attached hydrogens (primary N) is 1. The number of benzene rings is 1. The number of carboxylic acid groups (broad SMARTS) is 1. The molecule has 3 aromatic rings. The van der Waals surface area contributed by atoms with Gasteiger partial charge in [-0.25, -0.2) is 14.8 Å². The predicted octanol–water partition coefficient (Wildman–Crippen LogP) is 3.05. The zero-order valence-electron chi connectivity index (χ0n) is 14.8. The number of aromatic amines is 1. The Morgan fingerprint density at radius 3 is 2.77 bits per heavy atom. The van der Waals surface area contributed by atoms with Gasteiger partial charge in [0.15, 0.2) is 0 Å². The fraction of sp³-hybridized carbons (Fsp3) is 0.316. The molecule has 0 saturated heterocycles. The van der Waals surface area contributed by atoms with E-state index in [4.69, 9.17) is 10.7 Å². The molecule has 2 heterocycles. The molecule has 1 aliphatic carbocycles. The number of para-hydroxylation sites is 1. The maximum Gasteiger partial charge on any atom is 0.337 e. The summed E-state index contributed by atoms with van der Waals surface area (Å²) in [4.78, 5) is 24.1. The van der Waals surface area contributed by atoms with Crippen molar-refractivity contribution in [2.75, 3.05) is 5.32 Å². The van der Waals surface area contributed by atoms with Crippen molar-refractivity contribution < 1.29 is 9.90 Å². The molecule has 1 aromatic carbocycles. The molecular weight excluding hydrogens is 330 g/mol. The third-order valence-corrected chi connectivity index (χ3v) is 4.91. The van der Waals surface area contributed by atoms with Gasteiger partial charge in [-0.05, 0) is 38.8 Å². The topological polar surface area (TPSA) is 117 Å². The molecular formula is C19H21N5O2. The minimum absolute atomic E-state index is 0.0949. The van der Waals surface area contributed by atoms with Gasteiger partial charge in [-0.15, -0.1) is 0 Å². The van der Waals surface area contributed by atoms with Gasteiger partial charge in [0.05, 0.1) is 16.8 Å². The second-order valence-corrected chi connectivity index (χ2v) is 7.10. The molecule has 7 heteroatoms. The van der Waals surface area contributed by atoms with Crippen molar-refractivity contribution in [2.45, 2.75) is 38.8 Å². The van der Waals surface area contributed by atoms with Crippen LogP contribution in [0.3, 0.4) is 0 Å². The summed E-state index contributed by atoms with van der Waals surface area (Å²) in [6.45, 7) is 4.24. The fourth-order valence-electron chi connectivity index (χ4n) is 3.09. The molecule has 0 bridgehead atoms. The van der Waals surface area contributed by atoms with E-state index >= 15 is 0 Å². The first kappa shape index (κ1) is 16.5. The molecule has 1 aliphatic rings. The van der Waals surface area contributed by atoms with E-state index in [1.165, 1.54) is 0 Å². The van der Waals surface area contributed by atoms with E-state index < -0.39 is 5.97 Å². The molecule has 7 nitrogen and oxygen atoms in total. The fourth-order valence-corrected chi connectivity index (χ4v) is 3.09. The summed E-state index contributed by atoms with van der Waals surface area (Å²) in [6, 6.07) is 7.32. The number of nitrogens with one attached hydrogen (secondary N) is 2. The Morgan fingerprint density at radius 1 is 1.38 bits per heavy atom. The van der Waals surface area contributed by atoms with Gasteiger partial charge in [-0.2, -0.15) is 0 Å². The molecule has 0 aliphatic heterocycles. The van der Waals surface area contributed by atoms with Gasteiger partial charge in [0, 0.05) is 29.0 Å². The van der Waals surface area contributed by atoms with Gasteiger partial charge in [-0.3, -0.25) is 0 Å². The second kappa shape index (κ2) is 5.81. The lowest BCUT2D eigenvalue weighted by Gasteiger charge is -2.15. The van der Waals surface area contributed by atoms with E-state index in [2.05, 4.69) is 22.2 Å². The smallest absolute Gasteiger partial charge is 0.337 e. The number of rotatable bonds is 5. The van der Waals surface area contributed by atoms with Crippen LogP contribution in [0.25, 0.3) is 22.3 Å². The SMILES string of the molecule is Cc1nc2cccc(-c3cc(C(=O)O)c(CN)[nH]3)c2nc1NC1(C)CC1. The van der Waals surface area contributed by atoms with Crippen LogP contribution in [0.15, 0.2) is 24.3 Å². The maximum atomic E-state index is 11.4. The molecule has 2 aromatic heterocycles. The number of aryl methyl sites for hydroxylation is 1. The number of hydrogen-bond acceptors (Lipinski definition) is 5. The molecule has 0 unspecified atom stereocenters. The van der Waals surface area contributed by atoms with Crippen LogP contribution in [0.2, 0.25) is 0 Å². The Kier molecular flexibility index (Phi) is 3.69. The number of fused-ring (bicyclic) bond motifs is 1. The first-order valence-electron chi connectivity index (χ1n) is 8.61. The third kappa shape index (κ3) is 2.80. The molecule has 1 fully saturated rings. The highest BCUT2D eigenvalue weighted by atomic mass is 16.4. The highest BCUT2D eigenvalue weighted by Crippen LogP contribution is 2.39. The van der Waals surface area contributed by atoms with Gasteiger partial charge in [0.25, 0.3) is 0 Å². The Labute approximate surface area is 150 Å². The number of aromatic nitrogens is 3. The van der Waals surface area contributed by atoms with E-state index in [1.54, 1.807) is 6.07 Å². The van der Waals surface area contributed by atoms with Crippen molar-refractivity contribution >= 4 is 22.8 Å². The highest BCUT2D eigenvalue weighted by Gasteiger charge is 2.38. The zero-order chi connectivity index (χ0) is 18.5. The number of hydrogen-bond donors (Lipinski definition) is 4. The van der Waals surface area contributed by atoms with Crippen LogP contribution in [0, 0.1) is 6.92 Å². The highest BCUT2D eigenvalue weighted by molar-refractivity contribution is 5.95. The van der Waals surface area contributed by atoms with Crippen LogP contribution in [-0.2, 0) is 6.54 Å². The maximum absolute atomic E-state index is 11.4. The molecule has 0 amide bonds. The van der Waals surface area contributed by atoms with Crippen LogP contribution >= 0.6 is 0 Å². The van der Waals surface area contributed by atoms with E-state index in [1.807, 2.05) is 25.1 Å². The number of carboxylic acids is 1. The second-order valence-electron chi connectivity index (χ2n) is 7.10. The molecule has 26 heavy (non-hydrogen) atoms. The van der Waals surface area contributed by atoms with Crippen LogP contribution in [0.4, 0.5) is 5.82 Å². The first-order valence-corrected chi connectivity index (χ1v) is 8.61. The first-order chi connectivity index (χ1) is 12.4. The normalized spacial score (nSPS) is 15.2. The van der Waals surface area contributed by atoms with Crippen molar-refractivity contribution in [3.05, 3.63) is 41.2 Å². The number of anilines is 1. The van der Waals surface area contributed by atoms with Crippen molar-refractivity contribution in [3.63, 3.8) is 0 Å². The quantitative estimate of drug-likeness (QED) is 0.561. The lowest BCUT2D eigenvalue weighted by molar-refractivity contribution is 0.0696. The van der Waals surface area contributed by atoms with E-state index in [-0.39, 0.29) is 17.6 Å². The summed E-state index contributed by atoms with van der Waals surface area (Å²) < 4.78 is 0. The van der Waals surface area contributed by atoms with Crippen LogP contribution < -0.4 is 11.1 Å². The van der Waals surface area contributed by atoms with Crippen molar-refractivity contribution in [3.8, 4) is 11.3 Å². The minimum Gasteiger partial charge on any atom is -0.478 e. The average Bonchev–Trinajstić information content (AvgIpc) is 3.17. The van der Waals surface area contributed by atoms with E-state index in [0.717, 1.165) is 41.0 Å². The molecule has 0 spiro atoms. The molecule has 1 saturated carbocycles. The monoisotopic (exact) mass is 351 g/mol. The van der Waals surface area contributed by atoms with Gasteiger partial charge in [0.2, 0.25) is 0 Å². The molecule has 5 N–H and O–H groups in total. The van der Waals surface area contributed by atoms with E-state index in [9.17, 15) is 9.90 Å². The third-order valence-electron chi connectivity index (χ3n) is 4.91. The van der Waals surface area contributed by atoms with Crippen molar-refractivity contribution in [2.24, 2.45) is 5.73 Å². The predicted molar refractivity (Wildman–Crippen MR) is 100 cm³/mol. The zero-order valence-corrected chi connectivity index (χ0v) is 14.8. The van der Waals surface area contributed by atoms with Crippen LogP contribution in [0.1, 0.15) is 41.5 Å². The lowest BCUT2D eigenvalue weighted by atomic mass is 10.1. The van der Waals surface area contributed by atoms with Crippen LogP contribution in [-0.4, -0.2) is 31.6 Å². The van der Waals surface area contributed by atoms with Gasteiger partial charge in [-0.1, -0.05) is 12.1 Å². The van der Waals surface area contributed by atoms with Crippen LogP contribution in [0.5, 0.6) is 0 Å². The number of H-pyrrole nitrogens is 1. The summed E-state index contributed by atoms with van der Waals surface area (Å²) in [5, 5.41) is 12.9. The standard InChI is InChI=1S/C19H21N5O2/c1-10-17(24-19(2)6-7-19)23-16-11(4-3-5-13(16)21-10)14-8-12(18(25)26)15(9-20)22-14/h3-5,8,22H,6-7,9,20H2,1-2H3,(H,23,24)(H,25,26). The molecule has 0 atom stereocenters. The summed E-state index contributed by atoms with van der Waals surface area (Å²) in [5.74, 6) is -0.229. The molecule has 0 radical (unpaired) electrons. The number of aromatic carboxylic acids is 1. The van der Waals surface area contributed by atoms with Gasteiger partial charge < -0.3 is 21.1 Å². The van der Waals surface area contributed by atoms with Gasteiger partial charge >= 0.3 is 5.97 Å². The Morgan fingerprint density at radius 2 is 2.15 bits per heavy atom. The van der Waals surface area contributed by atoms with Gasteiger partial charge in [0.1, 0.15) is 11.3 Å². The number of carbonyl (C=O) groups is 1. The summed E-state index contributed by atoms with van der Waals surface area (Å²) in [5.41, 5.74) is 10.3. The minimum atomic E-state index is -1.00. The molecule has 4 rings (SSSR count). The largest absolute Gasteiger partial charge is 0.478 e. The van der Waals surface area contributed by atoms with Crippen molar-refractivity contribution in [1.82, 2.24) is 15.0 Å². The average molecular weight is 351 g/mol.